The molecule has 0 bridgehead atoms. The van der Waals surface area contributed by atoms with Crippen LogP contribution in [0.4, 0.5) is 5.13 Å². The Balaban J connectivity index is 2.02. The summed E-state index contributed by atoms with van der Waals surface area (Å²) in [6.45, 7) is 4.40. The number of rotatable bonds is 3. The molecule has 78 valence electrons. The van der Waals surface area contributed by atoms with E-state index in [0.29, 0.717) is 6.04 Å². The van der Waals surface area contributed by atoms with Crippen molar-refractivity contribution in [2.75, 3.05) is 25.0 Å². The van der Waals surface area contributed by atoms with Crippen molar-refractivity contribution < 1.29 is 0 Å². The first-order chi connectivity index (χ1) is 6.83. The van der Waals surface area contributed by atoms with E-state index in [2.05, 4.69) is 27.5 Å². The van der Waals surface area contributed by atoms with Crippen molar-refractivity contribution in [1.29, 1.82) is 0 Å². The number of aryl methyl sites for hydroxylation is 1. The fraction of sp³-hybridized carbons (Fsp3) is 0.700. The zero-order valence-corrected chi connectivity index (χ0v) is 9.60. The average molecular weight is 211 g/mol. The Morgan fingerprint density at radius 2 is 2.57 bits per heavy atom. The zero-order chi connectivity index (χ0) is 9.97. The predicted molar refractivity (Wildman–Crippen MR) is 61.2 cm³/mol. The number of anilines is 1. The molecule has 1 N–H and O–H groups in total. The van der Waals surface area contributed by atoms with Gasteiger partial charge in [0.15, 0.2) is 5.13 Å². The van der Waals surface area contributed by atoms with Gasteiger partial charge < -0.3 is 10.2 Å². The smallest absolute Gasteiger partial charge is 0.185 e. The maximum Gasteiger partial charge on any atom is 0.185 e. The van der Waals surface area contributed by atoms with Crippen LogP contribution in [-0.2, 0) is 6.42 Å². The molecule has 2 heterocycles. The molecule has 1 aliphatic rings. The summed E-state index contributed by atoms with van der Waals surface area (Å²) in [6, 6.07) is 0.643. The Labute approximate surface area is 89.1 Å². The van der Waals surface area contributed by atoms with Gasteiger partial charge in [-0.3, -0.25) is 0 Å². The molecule has 2 rings (SSSR count). The fourth-order valence-corrected chi connectivity index (χ4v) is 2.72. The Bertz CT molecular complexity index is 297. The lowest BCUT2D eigenvalue weighted by atomic mass is 10.3. The van der Waals surface area contributed by atoms with Crippen molar-refractivity contribution in [3.05, 3.63) is 11.1 Å². The molecule has 0 aliphatic carbocycles. The molecule has 1 aromatic rings. The van der Waals surface area contributed by atoms with Crippen molar-refractivity contribution >= 4 is 16.5 Å². The summed E-state index contributed by atoms with van der Waals surface area (Å²) in [6.07, 6.45) is 2.28. The van der Waals surface area contributed by atoms with E-state index in [1.807, 2.05) is 7.05 Å². The highest BCUT2D eigenvalue weighted by atomic mass is 32.1. The van der Waals surface area contributed by atoms with Gasteiger partial charge >= 0.3 is 0 Å². The number of hydrogen-bond donors (Lipinski definition) is 1. The maximum absolute atomic E-state index is 4.60. The van der Waals surface area contributed by atoms with Gasteiger partial charge in [0.25, 0.3) is 0 Å². The number of nitrogens with one attached hydrogen (secondary N) is 1. The first-order valence-electron chi connectivity index (χ1n) is 5.20. The molecule has 0 amide bonds. The summed E-state index contributed by atoms with van der Waals surface area (Å²) < 4.78 is 0. The highest BCUT2D eigenvalue weighted by Crippen LogP contribution is 2.24. The molecule has 0 spiro atoms. The van der Waals surface area contributed by atoms with E-state index in [4.69, 9.17) is 0 Å². The monoisotopic (exact) mass is 211 g/mol. The van der Waals surface area contributed by atoms with Crippen molar-refractivity contribution in [2.45, 2.75) is 25.8 Å². The largest absolute Gasteiger partial charge is 0.346 e. The Morgan fingerprint density at radius 1 is 1.71 bits per heavy atom. The molecule has 1 atom stereocenters. The molecule has 0 radical (unpaired) electrons. The highest BCUT2D eigenvalue weighted by molar-refractivity contribution is 7.13. The van der Waals surface area contributed by atoms with E-state index >= 15 is 0 Å². The van der Waals surface area contributed by atoms with Crippen LogP contribution in [0.5, 0.6) is 0 Å². The molecule has 0 saturated carbocycles. The van der Waals surface area contributed by atoms with Crippen LogP contribution in [0.3, 0.4) is 0 Å². The minimum Gasteiger partial charge on any atom is -0.346 e. The molecule has 4 heteroatoms. The number of aromatic nitrogens is 1. The minimum absolute atomic E-state index is 0.643. The van der Waals surface area contributed by atoms with Gasteiger partial charge in [0.05, 0.1) is 5.69 Å². The van der Waals surface area contributed by atoms with Crippen LogP contribution in [0.1, 0.15) is 19.0 Å². The van der Waals surface area contributed by atoms with Gasteiger partial charge in [0.2, 0.25) is 0 Å². The molecule has 1 saturated heterocycles. The van der Waals surface area contributed by atoms with Gasteiger partial charge in [-0.25, -0.2) is 4.98 Å². The molecule has 3 nitrogen and oxygen atoms in total. The van der Waals surface area contributed by atoms with E-state index in [0.717, 1.165) is 19.5 Å². The Kier molecular flexibility index (Phi) is 3.03. The molecule has 0 aromatic carbocycles. The second-order valence-corrected chi connectivity index (χ2v) is 4.53. The summed E-state index contributed by atoms with van der Waals surface area (Å²) in [7, 11) is 2.04. The molecular weight excluding hydrogens is 194 g/mol. The Hall–Kier alpha value is -0.610. The van der Waals surface area contributed by atoms with Crippen LogP contribution in [-0.4, -0.2) is 31.2 Å². The van der Waals surface area contributed by atoms with Crippen LogP contribution in [0.25, 0.3) is 0 Å². The second kappa shape index (κ2) is 4.28. The van der Waals surface area contributed by atoms with E-state index in [-0.39, 0.29) is 0 Å². The minimum atomic E-state index is 0.643. The van der Waals surface area contributed by atoms with E-state index in [1.165, 1.54) is 17.2 Å². The number of hydrogen-bond acceptors (Lipinski definition) is 4. The third-order valence-electron chi connectivity index (χ3n) is 2.77. The van der Waals surface area contributed by atoms with Gasteiger partial charge in [-0.1, -0.05) is 6.92 Å². The zero-order valence-electron chi connectivity index (χ0n) is 8.79. The molecule has 1 aromatic heterocycles. The molecule has 1 aliphatic heterocycles. The summed E-state index contributed by atoms with van der Waals surface area (Å²) >= 11 is 1.77. The average Bonchev–Trinajstić information content (AvgIpc) is 2.86. The molecule has 1 unspecified atom stereocenters. The number of thiazole rings is 1. The van der Waals surface area contributed by atoms with Gasteiger partial charge in [-0.2, -0.15) is 0 Å². The first-order valence-corrected chi connectivity index (χ1v) is 6.08. The second-order valence-electron chi connectivity index (χ2n) is 3.70. The lowest BCUT2D eigenvalue weighted by molar-refractivity contribution is 0.617. The third kappa shape index (κ3) is 1.91. The van der Waals surface area contributed by atoms with Crippen LogP contribution in [0.15, 0.2) is 5.38 Å². The lowest BCUT2D eigenvalue weighted by Gasteiger charge is -2.14. The van der Waals surface area contributed by atoms with Crippen molar-refractivity contribution in [3.8, 4) is 0 Å². The Morgan fingerprint density at radius 3 is 3.14 bits per heavy atom. The standard InChI is InChI=1S/C10H17N3S/c1-3-8-7-14-10(12-8)13-5-4-9(6-13)11-2/h7,9,11H,3-6H2,1-2H3. The summed E-state index contributed by atoms with van der Waals surface area (Å²) in [4.78, 5) is 6.98. The van der Waals surface area contributed by atoms with Crippen molar-refractivity contribution in [2.24, 2.45) is 0 Å². The van der Waals surface area contributed by atoms with E-state index in [9.17, 15) is 0 Å². The molecule has 1 fully saturated rings. The maximum atomic E-state index is 4.60. The lowest BCUT2D eigenvalue weighted by Crippen LogP contribution is -2.29. The summed E-state index contributed by atoms with van der Waals surface area (Å²) in [5, 5.41) is 6.68. The fourth-order valence-electron chi connectivity index (χ4n) is 1.77. The van der Waals surface area contributed by atoms with Crippen molar-refractivity contribution in [1.82, 2.24) is 10.3 Å². The normalized spacial score (nSPS) is 21.9. The van der Waals surface area contributed by atoms with Crippen LogP contribution in [0, 0.1) is 0 Å². The van der Waals surface area contributed by atoms with Gasteiger partial charge in [-0.15, -0.1) is 11.3 Å². The topological polar surface area (TPSA) is 28.2 Å². The van der Waals surface area contributed by atoms with E-state index in [1.54, 1.807) is 11.3 Å². The number of likely N-dealkylation sites (N-methyl/N-ethyl adjacent to an activating group) is 1. The highest BCUT2D eigenvalue weighted by Gasteiger charge is 2.22. The van der Waals surface area contributed by atoms with Crippen LogP contribution in [0.2, 0.25) is 0 Å². The van der Waals surface area contributed by atoms with Gasteiger partial charge in [0.1, 0.15) is 0 Å². The van der Waals surface area contributed by atoms with E-state index < -0.39 is 0 Å². The molecule has 14 heavy (non-hydrogen) atoms. The molecular formula is C10H17N3S. The van der Waals surface area contributed by atoms with Crippen LogP contribution < -0.4 is 10.2 Å². The van der Waals surface area contributed by atoms with Gasteiger partial charge in [-0.05, 0) is 19.9 Å². The SMILES string of the molecule is CCc1csc(N2CCC(NC)C2)n1. The summed E-state index contributed by atoms with van der Waals surface area (Å²) in [5.41, 5.74) is 1.22. The van der Waals surface area contributed by atoms with Gasteiger partial charge in [0, 0.05) is 24.5 Å². The third-order valence-corrected chi connectivity index (χ3v) is 3.72. The predicted octanol–water partition coefficient (Wildman–Crippen LogP) is 1.50. The summed E-state index contributed by atoms with van der Waals surface area (Å²) in [5.74, 6) is 0. The first kappa shape index (κ1) is 9.93. The quantitative estimate of drug-likeness (QED) is 0.821. The van der Waals surface area contributed by atoms with Crippen molar-refractivity contribution in [3.63, 3.8) is 0 Å². The number of nitrogens with zero attached hydrogens (tertiary/aromatic N) is 2. The van der Waals surface area contributed by atoms with Crippen LogP contribution >= 0.6 is 11.3 Å².